The highest BCUT2D eigenvalue weighted by Crippen LogP contribution is 2.24. The van der Waals surface area contributed by atoms with E-state index >= 15 is 0 Å². The lowest BCUT2D eigenvalue weighted by atomic mass is 10.3. The molecule has 3 rings (SSSR count). The molecule has 2 aromatic rings. The molecule has 2 aromatic heterocycles. The Morgan fingerprint density at radius 1 is 1.27 bits per heavy atom. The van der Waals surface area contributed by atoms with E-state index in [-0.39, 0.29) is 4.90 Å². The second-order valence-corrected chi connectivity index (χ2v) is 8.32. The van der Waals surface area contributed by atoms with Gasteiger partial charge in [-0.1, -0.05) is 11.2 Å². The van der Waals surface area contributed by atoms with Crippen LogP contribution in [0.1, 0.15) is 16.3 Å². The lowest BCUT2D eigenvalue weighted by Crippen LogP contribution is -2.48. The molecule has 0 bridgehead atoms. The number of sulfonamides is 1. The lowest BCUT2D eigenvalue weighted by molar-refractivity contribution is 0.183. The predicted molar refractivity (Wildman–Crippen MR) is 84.3 cm³/mol. The second-order valence-electron chi connectivity index (χ2n) is 5.41. The average Bonchev–Trinajstić information content (AvgIpc) is 3.10. The summed E-state index contributed by atoms with van der Waals surface area (Å²) in [5, 5.41) is 5.82. The van der Waals surface area contributed by atoms with Gasteiger partial charge in [-0.2, -0.15) is 4.31 Å². The molecule has 0 radical (unpaired) electrons. The molecule has 0 spiro atoms. The summed E-state index contributed by atoms with van der Waals surface area (Å²) >= 11 is 1.73. The summed E-state index contributed by atoms with van der Waals surface area (Å²) in [5.41, 5.74) is 0.429. The fourth-order valence-corrected chi connectivity index (χ4v) is 5.18. The number of aryl methyl sites for hydroxylation is 2. The first-order valence-corrected chi connectivity index (χ1v) is 9.48. The van der Waals surface area contributed by atoms with Crippen LogP contribution in [0.15, 0.2) is 26.9 Å². The molecule has 0 amide bonds. The van der Waals surface area contributed by atoms with Crippen LogP contribution in [0.4, 0.5) is 0 Å². The van der Waals surface area contributed by atoms with Crippen LogP contribution < -0.4 is 0 Å². The van der Waals surface area contributed by atoms with Crippen molar-refractivity contribution in [2.45, 2.75) is 25.3 Å². The summed E-state index contributed by atoms with van der Waals surface area (Å²) in [5.74, 6) is 0.360. The van der Waals surface area contributed by atoms with E-state index in [4.69, 9.17) is 4.52 Å². The maximum Gasteiger partial charge on any atom is 0.248 e. The van der Waals surface area contributed by atoms with Crippen molar-refractivity contribution in [1.82, 2.24) is 14.4 Å². The summed E-state index contributed by atoms with van der Waals surface area (Å²) < 4.78 is 32.0. The minimum Gasteiger partial charge on any atom is -0.360 e. The van der Waals surface area contributed by atoms with Crippen LogP contribution in [0.25, 0.3) is 0 Å². The van der Waals surface area contributed by atoms with Gasteiger partial charge in [-0.25, -0.2) is 8.42 Å². The Labute approximate surface area is 134 Å². The monoisotopic (exact) mass is 341 g/mol. The van der Waals surface area contributed by atoms with E-state index in [1.807, 2.05) is 6.07 Å². The summed E-state index contributed by atoms with van der Waals surface area (Å²) in [7, 11) is -3.51. The minimum atomic E-state index is -3.51. The molecular weight excluding hydrogens is 322 g/mol. The maximum atomic E-state index is 12.7. The molecule has 0 atom stereocenters. The molecule has 22 heavy (non-hydrogen) atoms. The van der Waals surface area contributed by atoms with Gasteiger partial charge in [0.2, 0.25) is 10.0 Å². The molecule has 120 valence electrons. The van der Waals surface area contributed by atoms with Crippen molar-refractivity contribution in [3.8, 4) is 0 Å². The fourth-order valence-electron chi connectivity index (χ4n) is 2.72. The third-order valence-electron chi connectivity index (χ3n) is 3.86. The van der Waals surface area contributed by atoms with Gasteiger partial charge in [0, 0.05) is 37.6 Å². The van der Waals surface area contributed by atoms with E-state index < -0.39 is 10.0 Å². The summed E-state index contributed by atoms with van der Waals surface area (Å²) in [6.07, 6.45) is 0. The highest BCUT2D eigenvalue weighted by molar-refractivity contribution is 7.89. The van der Waals surface area contributed by atoms with Gasteiger partial charge in [0.25, 0.3) is 0 Å². The molecule has 0 aliphatic carbocycles. The summed E-state index contributed by atoms with van der Waals surface area (Å²) in [6.45, 7) is 6.66. The minimum absolute atomic E-state index is 0.221. The van der Waals surface area contributed by atoms with E-state index in [1.165, 1.54) is 9.18 Å². The van der Waals surface area contributed by atoms with Crippen molar-refractivity contribution in [2.24, 2.45) is 0 Å². The van der Waals surface area contributed by atoms with Crippen molar-refractivity contribution in [2.75, 3.05) is 26.2 Å². The first kappa shape index (κ1) is 15.7. The standard InChI is InChI=1S/C14H19N3O3S2/c1-11-14(12(2)20-15-11)22(18,19)17-7-5-16(6-8-17)10-13-4-3-9-21-13/h3-4,9H,5-8,10H2,1-2H3. The van der Waals surface area contributed by atoms with E-state index in [0.29, 0.717) is 24.5 Å². The van der Waals surface area contributed by atoms with Crippen LogP contribution in [0.3, 0.4) is 0 Å². The van der Waals surface area contributed by atoms with E-state index in [2.05, 4.69) is 21.5 Å². The third-order valence-corrected chi connectivity index (χ3v) is 6.86. The average molecular weight is 341 g/mol. The second kappa shape index (κ2) is 6.11. The number of hydrogen-bond donors (Lipinski definition) is 0. The van der Waals surface area contributed by atoms with Gasteiger partial charge < -0.3 is 4.52 Å². The largest absolute Gasteiger partial charge is 0.360 e. The van der Waals surface area contributed by atoms with Crippen molar-refractivity contribution in [3.05, 3.63) is 33.8 Å². The molecule has 1 aliphatic rings. The first-order valence-electron chi connectivity index (χ1n) is 7.16. The molecule has 0 N–H and O–H groups in total. The highest BCUT2D eigenvalue weighted by atomic mass is 32.2. The SMILES string of the molecule is Cc1noc(C)c1S(=O)(=O)N1CCN(Cc2cccs2)CC1. The van der Waals surface area contributed by atoms with Crippen LogP contribution in [0.5, 0.6) is 0 Å². The summed E-state index contributed by atoms with van der Waals surface area (Å²) in [4.78, 5) is 3.81. The Morgan fingerprint density at radius 3 is 2.55 bits per heavy atom. The summed E-state index contributed by atoms with van der Waals surface area (Å²) in [6, 6.07) is 4.15. The smallest absolute Gasteiger partial charge is 0.248 e. The van der Waals surface area contributed by atoms with Crippen molar-refractivity contribution in [1.29, 1.82) is 0 Å². The van der Waals surface area contributed by atoms with Gasteiger partial charge >= 0.3 is 0 Å². The van der Waals surface area contributed by atoms with Gasteiger partial charge in [0.15, 0.2) is 5.76 Å². The van der Waals surface area contributed by atoms with Crippen LogP contribution >= 0.6 is 11.3 Å². The quantitative estimate of drug-likeness (QED) is 0.849. The molecular formula is C14H19N3O3S2. The van der Waals surface area contributed by atoms with Gasteiger partial charge in [0.1, 0.15) is 10.6 Å². The number of rotatable bonds is 4. The normalized spacial score (nSPS) is 17.9. The van der Waals surface area contributed by atoms with E-state index in [9.17, 15) is 8.42 Å². The predicted octanol–water partition coefficient (Wildman–Crippen LogP) is 1.86. The van der Waals surface area contributed by atoms with Gasteiger partial charge in [0.05, 0.1) is 0 Å². The molecule has 1 aliphatic heterocycles. The molecule has 1 fully saturated rings. The number of aromatic nitrogens is 1. The van der Waals surface area contributed by atoms with Gasteiger partial charge in [-0.05, 0) is 25.3 Å². The van der Waals surface area contributed by atoms with E-state index in [0.717, 1.165) is 19.6 Å². The van der Waals surface area contributed by atoms with Crippen molar-refractivity contribution in [3.63, 3.8) is 0 Å². The van der Waals surface area contributed by atoms with E-state index in [1.54, 1.807) is 25.2 Å². The zero-order valence-corrected chi connectivity index (χ0v) is 14.3. The number of piperazine rings is 1. The molecule has 8 heteroatoms. The maximum absolute atomic E-state index is 12.7. The topological polar surface area (TPSA) is 66.7 Å². The van der Waals surface area contributed by atoms with Crippen molar-refractivity contribution < 1.29 is 12.9 Å². The Bertz CT molecular complexity index is 710. The zero-order valence-electron chi connectivity index (χ0n) is 12.7. The number of hydrogen-bond acceptors (Lipinski definition) is 6. The Hall–Kier alpha value is -1.22. The van der Waals surface area contributed by atoms with Crippen LogP contribution in [-0.2, 0) is 16.6 Å². The molecule has 1 saturated heterocycles. The van der Waals surface area contributed by atoms with Gasteiger partial charge in [-0.15, -0.1) is 11.3 Å². The first-order chi connectivity index (χ1) is 10.5. The third kappa shape index (κ3) is 2.96. The molecule has 6 nitrogen and oxygen atoms in total. The van der Waals surface area contributed by atoms with Crippen LogP contribution in [-0.4, -0.2) is 49.0 Å². The fraction of sp³-hybridized carbons (Fsp3) is 0.500. The molecule has 0 saturated carbocycles. The lowest BCUT2D eigenvalue weighted by Gasteiger charge is -2.33. The van der Waals surface area contributed by atoms with Crippen molar-refractivity contribution >= 4 is 21.4 Å². The number of thiophene rings is 1. The Morgan fingerprint density at radius 2 is 2.00 bits per heavy atom. The molecule has 0 aromatic carbocycles. The molecule has 0 unspecified atom stereocenters. The van der Waals surface area contributed by atoms with Crippen LogP contribution in [0, 0.1) is 13.8 Å². The Kier molecular flexibility index (Phi) is 4.35. The van der Waals surface area contributed by atoms with Gasteiger partial charge in [-0.3, -0.25) is 4.90 Å². The molecule has 3 heterocycles. The van der Waals surface area contributed by atoms with Crippen LogP contribution in [0.2, 0.25) is 0 Å². The Balaban J connectivity index is 1.68. The zero-order chi connectivity index (χ0) is 15.7. The highest BCUT2D eigenvalue weighted by Gasteiger charge is 2.33. The number of nitrogens with zero attached hydrogens (tertiary/aromatic N) is 3.